The second kappa shape index (κ2) is 7.41. The van der Waals surface area contributed by atoms with Crippen LogP contribution < -0.4 is 15.4 Å². The van der Waals surface area contributed by atoms with Crippen LogP contribution in [0.1, 0.15) is 23.8 Å². The summed E-state index contributed by atoms with van der Waals surface area (Å²) in [7, 11) is -0.449. The van der Waals surface area contributed by atoms with Gasteiger partial charge < -0.3 is 15.2 Å². The summed E-state index contributed by atoms with van der Waals surface area (Å²) in [5, 5.41) is 5.57. The van der Waals surface area contributed by atoms with Gasteiger partial charge in [-0.1, -0.05) is 6.92 Å². The van der Waals surface area contributed by atoms with E-state index in [1.54, 1.807) is 7.05 Å². The fourth-order valence-corrected chi connectivity index (χ4v) is 2.80. The van der Waals surface area contributed by atoms with Crippen molar-refractivity contribution in [3.8, 4) is 0 Å². The molecule has 7 nitrogen and oxygen atoms in total. The van der Waals surface area contributed by atoms with Gasteiger partial charge in [0.15, 0.2) is 0 Å². The predicted molar refractivity (Wildman–Crippen MR) is 77.2 cm³/mol. The van der Waals surface area contributed by atoms with Crippen LogP contribution in [0.4, 0.5) is 0 Å². The summed E-state index contributed by atoms with van der Waals surface area (Å²) < 4.78 is 28.1. The Morgan fingerprint density at radius 1 is 1.30 bits per heavy atom. The van der Waals surface area contributed by atoms with Crippen LogP contribution >= 0.6 is 0 Å². The first-order valence-corrected chi connectivity index (χ1v) is 7.99. The molecular formula is C12H22N4O3S. The topological polar surface area (TPSA) is 92.2 Å². The molecule has 0 fully saturated rings. The van der Waals surface area contributed by atoms with Crippen LogP contribution in [0.5, 0.6) is 0 Å². The molecule has 3 N–H and O–H groups in total. The van der Waals surface area contributed by atoms with Crippen molar-refractivity contribution >= 4 is 15.9 Å². The molecule has 0 radical (unpaired) electrons. The van der Waals surface area contributed by atoms with Gasteiger partial charge in [0, 0.05) is 33.4 Å². The van der Waals surface area contributed by atoms with E-state index in [4.69, 9.17) is 0 Å². The van der Waals surface area contributed by atoms with Gasteiger partial charge in [-0.15, -0.1) is 0 Å². The number of hydrogen-bond donors (Lipinski definition) is 3. The molecule has 0 atom stereocenters. The first kappa shape index (κ1) is 16.7. The zero-order chi connectivity index (χ0) is 15.2. The number of aromatic nitrogens is 1. The van der Waals surface area contributed by atoms with Gasteiger partial charge in [-0.25, -0.2) is 13.1 Å². The highest BCUT2D eigenvalue weighted by molar-refractivity contribution is 7.89. The van der Waals surface area contributed by atoms with E-state index in [1.807, 2.05) is 6.92 Å². The molecule has 0 saturated carbocycles. The van der Waals surface area contributed by atoms with E-state index in [1.165, 1.54) is 23.9 Å². The zero-order valence-corrected chi connectivity index (χ0v) is 12.9. The van der Waals surface area contributed by atoms with Crippen LogP contribution in [0.3, 0.4) is 0 Å². The third-order valence-electron chi connectivity index (χ3n) is 2.77. The molecule has 1 amide bonds. The molecule has 1 heterocycles. The van der Waals surface area contributed by atoms with Crippen LogP contribution in [0.15, 0.2) is 17.2 Å². The number of nitrogens with one attached hydrogen (secondary N) is 3. The van der Waals surface area contributed by atoms with Crippen molar-refractivity contribution in [2.24, 2.45) is 7.05 Å². The number of sulfonamides is 1. The maximum absolute atomic E-state index is 12.1. The number of rotatable bonds is 8. The highest BCUT2D eigenvalue weighted by atomic mass is 32.2. The molecule has 0 spiro atoms. The SMILES string of the molecule is CCCNCCNS(=O)(=O)c1cc(C(=O)NC)n(C)c1. The largest absolute Gasteiger partial charge is 0.354 e. The zero-order valence-electron chi connectivity index (χ0n) is 12.1. The summed E-state index contributed by atoms with van der Waals surface area (Å²) in [5.41, 5.74) is 0.303. The van der Waals surface area contributed by atoms with E-state index in [2.05, 4.69) is 15.4 Å². The molecule has 20 heavy (non-hydrogen) atoms. The molecule has 1 aromatic heterocycles. The Kier molecular flexibility index (Phi) is 6.18. The number of hydrogen-bond acceptors (Lipinski definition) is 4. The van der Waals surface area contributed by atoms with Crippen LogP contribution in [-0.4, -0.2) is 45.6 Å². The number of amides is 1. The minimum absolute atomic E-state index is 0.0918. The molecular weight excluding hydrogens is 280 g/mol. The number of aryl methyl sites for hydroxylation is 1. The van der Waals surface area contributed by atoms with Crippen molar-refractivity contribution < 1.29 is 13.2 Å². The Hall–Kier alpha value is -1.38. The van der Waals surface area contributed by atoms with Gasteiger partial charge >= 0.3 is 0 Å². The van der Waals surface area contributed by atoms with Gasteiger partial charge in [-0.05, 0) is 19.0 Å². The Balaban J connectivity index is 2.71. The van der Waals surface area contributed by atoms with Crippen LogP contribution in [-0.2, 0) is 17.1 Å². The van der Waals surface area contributed by atoms with Crippen molar-refractivity contribution in [2.75, 3.05) is 26.7 Å². The fraction of sp³-hybridized carbons (Fsp3) is 0.583. The Bertz CT molecular complexity index is 551. The van der Waals surface area contributed by atoms with Crippen LogP contribution in [0.25, 0.3) is 0 Å². The van der Waals surface area contributed by atoms with Gasteiger partial charge in [0.05, 0.1) is 0 Å². The number of nitrogens with zero attached hydrogens (tertiary/aromatic N) is 1. The van der Waals surface area contributed by atoms with Crippen molar-refractivity contribution in [1.29, 1.82) is 0 Å². The lowest BCUT2D eigenvalue weighted by Crippen LogP contribution is -2.32. The molecule has 0 aliphatic carbocycles. The van der Waals surface area contributed by atoms with Crippen molar-refractivity contribution in [3.63, 3.8) is 0 Å². The van der Waals surface area contributed by atoms with Gasteiger partial charge in [0.25, 0.3) is 5.91 Å². The maximum Gasteiger partial charge on any atom is 0.267 e. The second-order valence-electron chi connectivity index (χ2n) is 4.40. The van der Waals surface area contributed by atoms with Gasteiger partial charge in [0.2, 0.25) is 10.0 Å². The summed E-state index contributed by atoms with van der Waals surface area (Å²) in [6.07, 6.45) is 2.42. The first-order valence-electron chi connectivity index (χ1n) is 6.51. The van der Waals surface area contributed by atoms with E-state index in [0.717, 1.165) is 13.0 Å². The molecule has 0 unspecified atom stereocenters. The summed E-state index contributed by atoms with van der Waals surface area (Å²) in [4.78, 5) is 11.6. The van der Waals surface area contributed by atoms with Crippen molar-refractivity contribution in [3.05, 3.63) is 18.0 Å². The van der Waals surface area contributed by atoms with Crippen LogP contribution in [0, 0.1) is 0 Å². The van der Waals surface area contributed by atoms with Crippen molar-refractivity contribution in [1.82, 2.24) is 19.9 Å². The normalized spacial score (nSPS) is 11.6. The van der Waals surface area contributed by atoms with Gasteiger partial charge in [-0.2, -0.15) is 0 Å². The predicted octanol–water partition coefficient (Wildman–Crippen LogP) is -0.337. The van der Waals surface area contributed by atoms with Crippen LogP contribution in [0.2, 0.25) is 0 Å². The number of carbonyl (C=O) groups is 1. The fourth-order valence-electron chi connectivity index (χ4n) is 1.69. The molecule has 114 valence electrons. The molecule has 0 bridgehead atoms. The third kappa shape index (κ3) is 4.32. The lowest BCUT2D eigenvalue weighted by Gasteiger charge is -2.05. The summed E-state index contributed by atoms with van der Waals surface area (Å²) in [6.45, 7) is 3.78. The lowest BCUT2D eigenvalue weighted by molar-refractivity contribution is 0.0955. The van der Waals surface area contributed by atoms with E-state index in [9.17, 15) is 13.2 Å². The molecule has 1 rings (SSSR count). The molecule has 0 aliphatic rings. The molecule has 0 aromatic carbocycles. The van der Waals surface area contributed by atoms with E-state index in [-0.39, 0.29) is 10.8 Å². The Morgan fingerprint density at radius 2 is 2.00 bits per heavy atom. The van der Waals surface area contributed by atoms with E-state index in [0.29, 0.717) is 18.8 Å². The van der Waals surface area contributed by atoms with Gasteiger partial charge in [-0.3, -0.25) is 4.79 Å². The molecule has 0 aliphatic heterocycles. The first-order chi connectivity index (χ1) is 9.42. The molecule has 8 heteroatoms. The lowest BCUT2D eigenvalue weighted by atomic mass is 10.4. The molecule has 1 aromatic rings. The Labute approximate surface area is 119 Å². The number of carbonyl (C=O) groups excluding carboxylic acids is 1. The third-order valence-corrected chi connectivity index (χ3v) is 4.20. The smallest absolute Gasteiger partial charge is 0.267 e. The minimum atomic E-state index is -3.58. The summed E-state index contributed by atoms with van der Waals surface area (Å²) >= 11 is 0. The maximum atomic E-state index is 12.1. The van der Waals surface area contributed by atoms with E-state index >= 15 is 0 Å². The average Bonchev–Trinajstić information content (AvgIpc) is 2.80. The average molecular weight is 302 g/mol. The highest BCUT2D eigenvalue weighted by Gasteiger charge is 2.19. The quantitative estimate of drug-likeness (QED) is 0.573. The second-order valence-corrected chi connectivity index (χ2v) is 6.17. The monoisotopic (exact) mass is 302 g/mol. The standard InChI is InChI=1S/C12H22N4O3S/c1-4-5-14-6-7-15-20(18,19)10-8-11(12(17)13-2)16(3)9-10/h8-9,14-15H,4-7H2,1-3H3,(H,13,17). The van der Waals surface area contributed by atoms with E-state index < -0.39 is 10.0 Å². The molecule has 0 saturated heterocycles. The summed E-state index contributed by atoms with van der Waals surface area (Å²) in [6, 6.07) is 1.36. The Morgan fingerprint density at radius 3 is 2.60 bits per heavy atom. The van der Waals surface area contributed by atoms with Crippen molar-refractivity contribution in [2.45, 2.75) is 18.2 Å². The highest BCUT2D eigenvalue weighted by Crippen LogP contribution is 2.13. The minimum Gasteiger partial charge on any atom is -0.354 e. The summed E-state index contributed by atoms with van der Waals surface area (Å²) in [5.74, 6) is -0.321. The van der Waals surface area contributed by atoms with Gasteiger partial charge in [0.1, 0.15) is 10.6 Å².